The second-order valence-electron chi connectivity index (χ2n) is 22.6. The van der Waals surface area contributed by atoms with Crippen LogP contribution in [-0.4, -0.2) is 288 Å². The predicted molar refractivity (Wildman–Crippen MR) is 298 cm³/mol. The molecule has 0 aromatic rings. The number of nitrogens with zero attached hydrogens (tertiary/aromatic N) is 2. The summed E-state index contributed by atoms with van der Waals surface area (Å²) in [6, 6.07) is -16.6. The first kappa shape index (κ1) is 74.1. The van der Waals surface area contributed by atoms with E-state index in [2.05, 4.69) is 42.5 Å². The van der Waals surface area contributed by atoms with Gasteiger partial charge in [-0.2, -0.15) is 0 Å². The van der Waals surface area contributed by atoms with Gasteiger partial charge in [0.25, 0.3) is 0 Å². The van der Waals surface area contributed by atoms with Gasteiger partial charge >= 0.3 is 0 Å². The molecular weight excluding hydrogens is 1170 g/mol. The van der Waals surface area contributed by atoms with Crippen LogP contribution in [0.15, 0.2) is 0 Å². The molecule has 19 N–H and O–H groups in total. The molecule has 0 bridgehead atoms. The lowest BCUT2D eigenvalue weighted by molar-refractivity contribution is -0.281. The van der Waals surface area contributed by atoms with Gasteiger partial charge < -0.3 is 123 Å². The Morgan fingerprint density at radius 3 is 1.38 bits per heavy atom. The van der Waals surface area contributed by atoms with Crippen LogP contribution < -0.4 is 48.3 Å². The first-order chi connectivity index (χ1) is 41.2. The first-order valence-electron chi connectivity index (χ1n) is 29.0. The average molecular weight is 1260 g/mol. The zero-order chi connectivity index (χ0) is 66.3. The third kappa shape index (κ3) is 18.9. The minimum atomic E-state index is -2.10. The molecule has 4 aliphatic heterocycles. The molecule has 0 saturated carbocycles. The van der Waals surface area contributed by atoms with Crippen molar-refractivity contribution in [2.45, 2.75) is 228 Å². The van der Waals surface area contributed by atoms with Crippen molar-refractivity contribution in [2.75, 3.05) is 32.9 Å². The fourth-order valence-corrected chi connectivity index (χ4v) is 10.7. The van der Waals surface area contributed by atoms with Crippen molar-refractivity contribution in [3.63, 3.8) is 0 Å². The highest BCUT2D eigenvalue weighted by Gasteiger charge is 2.51. The van der Waals surface area contributed by atoms with Crippen LogP contribution in [0.5, 0.6) is 0 Å². The van der Waals surface area contributed by atoms with Gasteiger partial charge in [-0.3, -0.25) is 52.7 Å². The average Bonchev–Trinajstić information content (AvgIpc) is 1.43. The van der Waals surface area contributed by atoms with Crippen molar-refractivity contribution < 1.29 is 118 Å². The number of nitrogens with one attached hydrogen (secondary N) is 8. The normalized spacial score (nSPS) is 29.2. The van der Waals surface area contributed by atoms with Crippen LogP contribution in [0.4, 0.5) is 0 Å². The Hall–Kier alpha value is -6.35. The summed E-state index contributed by atoms with van der Waals surface area (Å²) in [6.07, 6.45) is -19.8. The summed E-state index contributed by atoms with van der Waals surface area (Å²) >= 11 is 0. The van der Waals surface area contributed by atoms with Crippen LogP contribution in [0, 0.1) is 5.92 Å². The Morgan fingerprint density at radius 2 is 0.955 bits per heavy atom. The zero-order valence-corrected chi connectivity index (χ0v) is 50.5. The molecule has 0 radical (unpaired) electrons. The van der Waals surface area contributed by atoms with E-state index in [0.717, 1.165) is 32.6 Å². The maximum absolute atomic E-state index is 15.2. The van der Waals surface area contributed by atoms with E-state index in [1.165, 1.54) is 25.7 Å². The Kier molecular flexibility index (Phi) is 28.2. The van der Waals surface area contributed by atoms with E-state index < -0.39 is 225 Å². The molecule has 4 heterocycles. The number of ether oxygens (including phenoxy) is 4. The number of aliphatic hydroxyl groups excluding tert-OH is 9. The molecule has 35 heteroatoms. The predicted octanol–water partition coefficient (Wildman–Crippen LogP) is -10.1. The van der Waals surface area contributed by atoms with E-state index in [1.807, 2.05) is 0 Å². The van der Waals surface area contributed by atoms with Gasteiger partial charge in [-0.1, -0.05) is 20.3 Å². The molecule has 0 spiro atoms. The molecule has 0 aromatic heterocycles. The van der Waals surface area contributed by atoms with Crippen LogP contribution in [0.3, 0.4) is 0 Å². The van der Waals surface area contributed by atoms with Gasteiger partial charge in [-0.05, 0) is 59.3 Å². The Labute approximate surface area is 506 Å². The molecule has 4 rings (SSSR count). The summed E-state index contributed by atoms with van der Waals surface area (Å²) in [4.78, 5) is 152. The molecule has 23 atom stereocenters. The monoisotopic (exact) mass is 1260 g/mol. The topological polar surface area (TPSA) is 536 Å². The maximum atomic E-state index is 15.2. The van der Waals surface area contributed by atoms with Gasteiger partial charge in [0, 0.05) is 33.9 Å². The van der Waals surface area contributed by atoms with Crippen molar-refractivity contribution in [1.82, 2.24) is 52.3 Å². The van der Waals surface area contributed by atoms with Gasteiger partial charge in [0.2, 0.25) is 65.0 Å². The molecule has 500 valence electrons. The smallest absolute Gasteiger partial charge is 0.248 e. The Balaban J connectivity index is 1.75. The van der Waals surface area contributed by atoms with E-state index >= 15 is 4.79 Å². The third-order valence-electron chi connectivity index (χ3n) is 15.8. The summed E-state index contributed by atoms with van der Waals surface area (Å²) < 4.78 is 23.6. The number of hydrogen-bond donors (Lipinski definition) is 18. The summed E-state index contributed by atoms with van der Waals surface area (Å²) in [5.41, 5.74) is 5.29. The molecule has 4 saturated heterocycles. The highest BCUT2D eigenvalue weighted by Crippen LogP contribution is 2.28. The van der Waals surface area contributed by atoms with Gasteiger partial charge in [0.1, 0.15) is 97.0 Å². The molecule has 0 aromatic carbocycles. The highest BCUT2D eigenvalue weighted by molar-refractivity contribution is 5.99. The summed E-state index contributed by atoms with van der Waals surface area (Å²) in [5.74, 6) is -11.5. The second-order valence-corrected chi connectivity index (χ2v) is 22.6. The number of likely N-dealkylation sites (tertiary alicyclic amines) is 2. The van der Waals surface area contributed by atoms with Crippen LogP contribution in [0.1, 0.15) is 94.4 Å². The zero-order valence-electron chi connectivity index (χ0n) is 50.5. The molecule has 35 nitrogen and oxygen atoms in total. The summed E-state index contributed by atoms with van der Waals surface area (Å²) in [5, 5.41) is 114. The minimum Gasteiger partial charge on any atom is -0.394 e. The fraction of sp³-hybridized carbons (Fsp3) is 0.792. The quantitative estimate of drug-likeness (QED) is 0.0331. The Bertz CT molecular complexity index is 2460. The van der Waals surface area contributed by atoms with Crippen LogP contribution in [0.2, 0.25) is 0 Å². The maximum Gasteiger partial charge on any atom is 0.248 e. The standard InChI is InChI=1S/C53H89N11O24/c1-10-20(2)33(48(81)57-28(17-65)45(78)59-34(21(3)68)44(54)77)58-47(80)30-14-12-16-64(30)51(84)37(24(6)86-53-39(56-26(8)71)43(76)41(74)32(19-67)88-53)62-49(82)35(22(4)69)60-50(83)36(61-46(79)29-13-11-15-63(29)27(9)72)23(5)85-52-38(55-25(7)70)42(75)40(73)31(18-66)87-52/h20-24,28-43,52-53,65-69,73-76H,10-19H2,1-9H3,(H2,54,77)(H,55,70)(H,56,71)(H,57,81)(H,58,80)(H,59,78)(H,60,83)(H,61,79)(H,62,82)/t20-,21+,22+,23+,24+,28-,29-,30-,31+,32+,33-,34-,35-,36-,37-,38+,39+,40-,41-,42+,43+,52-,53-/m0/s1. The van der Waals surface area contributed by atoms with Crippen molar-refractivity contribution in [3.05, 3.63) is 0 Å². The molecular formula is C53H89N11O24. The largest absolute Gasteiger partial charge is 0.394 e. The van der Waals surface area contributed by atoms with E-state index in [9.17, 15) is 93.9 Å². The molecule has 0 unspecified atom stereocenters. The molecule has 88 heavy (non-hydrogen) atoms. The Morgan fingerprint density at radius 1 is 0.545 bits per heavy atom. The van der Waals surface area contributed by atoms with Gasteiger partial charge in [-0.25, -0.2) is 0 Å². The van der Waals surface area contributed by atoms with Crippen LogP contribution in [-0.2, 0) is 71.7 Å². The van der Waals surface area contributed by atoms with Gasteiger partial charge in [-0.15, -0.1) is 0 Å². The molecule has 4 aliphatic rings. The number of rotatable bonds is 29. The van der Waals surface area contributed by atoms with Crippen LogP contribution in [0.25, 0.3) is 0 Å². The summed E-state index contributed by atoms with van der Waals surface area (Å²) in [6.45, 7) is 8.37. The van der Waals surface area contributed by atoms with Gasteiger partial charge in [0.05, 0.1) is 44.2 Å². The fourth-order valence-electron chi connectivity index (χ4n) is 10.7. The number of primary amides is 1. The lowest BCUT2D eigenvalue weighted by Crippen LogP contribution is -2.67. The highest BCUT2D eigenvalue weighted by atomic mass is 16.7. The number of amides is 11. The second kappa shape index (κ2) is 33.5. The van der Waals surface area contributed by atoms with Gasteiger partial charge in [0.15, 0.2) is 12.6 Å². The number of carbonyl (C=O) groups is 11. The van der Waals surface area contributed by atoms with E-state index in [0.29, 0.717) is 6.42 Å². The number of carbonyl (C=O) groups excluding carboxylic acids is 11. The first-order valence-corrected chi connectivity index (χ1v) is 29.0. The number of hydrogen-bond acceptors (Lipinski definition) is 24. The summed E-state index contributed by atoms with van der Waals surface area (Å²) in [7, 11) is 0. The number of aliphatic hydroxyl groups is 9. The third-order valence-corrected chi connectivity index (χ3v) is 15.8. The molecule has 0 aliphatic carbocycles. The van der Waals surface area contributed by atoms with E-state index in [4.69, 9.17) is 24.7 Å². The lowest BCUT2D eigenvalue weighted by Gasteiger charge is -2.44. The van der Waals surface area contributed by atoms with Crippen molar-refractivity contribution in [3.8, 4) is 0 Å². The van der Waals surface area contributed by atoms with Crippen molar-refractivity contribution in [2.24, 2.45) is 11.7 Å². The van der Waals surface area contributed by atoms with E-state index in [1.54, 1.807) is 13.8 Å². The van der Waals surface area contributed by atoms with Crippen molar-refractivity contribution >= 4 is 65.0 Å². The van der Waals surface area contributed by atoms with E-state index in [-0.39, 0.29) is 38.8 Å². The van der Waals surface area contributed by atoms with Crippen LogP contribution >= 0.6 is 0 Å². The molecule has 11 amide bonds. The number of nitrogens with two attached hydrogens (primary N) is 1. The lowest BCUT2D eigenvalue weighted by atomic mass is 9.96. The SMILES string of the molecule is CC[C@H](C)[C@H](NC(=O)[C@@H]1CCCN1C(=O)[C@@H](NC(=O)[C@@H](NC(=O)[C@@H](NC(=O)[C@@H]1CCCN1C(C)=O)[C@@H](C)O[C@H]1O[C@H](CO)[C@H](O)[C@H](O)[C@H]1NC(C)=O)[C@@H](C)O)[C@@H](C)O[C@H]1O[C@H](CO)[C@H](O)[C@H](O)[C@H]1NC(C)=O)C(=O)N[C@@H](CO)C(=O)N[C@H](C(N)=O)[C@@H](C)O. The minimum absolute atomic E-state index is 0.0706. The van der Waals surface area contributed by atoms with Crippen molar-refractivity contribution in [1.29, 1.82) is 0 Å². The molecule has 4 fully saturated rings.